The second-order valence-electron chi connectivity index (χ2n) is 6.01. The molecule has 0 aliphatic carbocycles. The van der Waals surface area contributed by atoms with Gasteiger partial charge in [-0.15, -0.1) is 11.3 Å². The van der Waals surface area contributed by atoms with Crippen molar-refractivity contribution < 1.29 is 9.59 Å². The largest absolute Gasteiger partial charge is 0.348 e. The highest BCUT2D eigenvalue weighted by Gasteiger charge is 2.20. The summed E-state index contributed by atoms with van der Waals surface area (Å²) in [6.07, 6.45) is 0.149. The van der Waals surface area contributed by atoms with Gasteiger partial charge in [0.25, 0.3) is 0 Å². The van der Waals surface area contributed by atoms with E-state index in [2.05, 4.69) is 10.7 Å². The van der Waals surface area contributed by atoms with Crippen LogP contribution in [-0.4, -0.2) is 11.8 Å². The van der Waals surface area contributed by atoms with Gasteiger partial charge in [0.2, 0.25) is 11.8 Å². The summed E-state index contributed by atoms with van der Waals surface area (Å²) in [5.41, 5.74) is 4.67. The number of hydrogen-bond donors (Lipinski definition) is 2. The predicted molar refractivity (Wildman–Crippen MR) is 109 cm³/mol. The lowest BCUT2D eigenvalue weighted by Gasteiger charge is -2.26. The van der Waals surface area contributed by atoms with Crippen LogP contribution in [0.2, 0.25) is 0 Å². The van der Waals surface area contributed by atoms with E-state index in [9.17, 15) is 9.59 Å². The summed E-state index contributed by atoms with van der Waals surface area (Å²) >= 11 is 1.52. The van der Waals surface area contributed by atoms with Crippen LogP contribution in [0.25, 0.3) is 0 Å². The molecule has 0 aliphatic rings. The molecule has 138 valence electrons. The summed E-state index contributed by atoms with van der Waals surface area (Å²) in [5.74, 6) is -0.348. The average Bonchev–Trinajstić information content (AvgIpc) is 3.21. The summed E-state index contributed by atoms with van der Waals surface area (Å²) in [6, 6.07) is 22.7. The minimum absolute atomic E-state index is 0.149. The molecule has 0 radical (unpaired) electrons. The number of carbonyl (C=O) groups excluding carboxylic acids is 2. The van der Waals surface area contributed by atoms with Gasteiger partial charge in [0.1, 0.15) is 0 Å². The van der Waals surface area contributed by atoms with Crippen LogP contribution in [0.4, 0.5) is 11.4 Å². The van der Waals surface area contributed by atoms with Gasteiger partial charge in [-0.1, -0.05) is 42.5 Å². The van der Waals surface area contributed by atoms with Crippen molar-refractivity contribution in [1.82, 2.24) is 10.7 Å². The standard InChI is InChI=1S/C21H21N3O2S/c1-16(25)22-19(20-13-8-14-27-20)15-21(26)23-24(17-9-4-2-5-10-17)18-11-6-3-7-12-18/h2-14,19H,15H2,1H3,(H,22,25)(H,23,26). The number of nitrogens with zero attached hydrogens (tertiary/aromatic N) is 1. The molecule has 0 fully saturated rings. The highest BCUT2D eigenvalue weighted by molar-refractivity contribution is 7.10. The molecule has 6 heteroatoms. The molecule has 2 aromatic carbocycles. The van der Waals surface area contributed by atoms with E-state index >= 15 is 0 Å². The zero-order chi connectivity index (χ0) is 19.1. The van der Waals surface area contributed by atoms with Gasteiger partial charge in [0.05, 0.1) is 23.8 Å². The molecule has 0 aliphatic heterocycles. The lowest BCUT2D eigenvalue weighted by molar-refractivity contribution is -0.122. The van der Waals surface area contributed by atoms with Gasteiger partial charge >= 0.3 is 0 Å². The normalized spacial score (nSPS) is 11.4. The fraction of sp³-hybridized carbons (Fsp3) is 0.143. The van der Waals surface area contributed by atoms with Gasteiger partial charge in [-0.2, -0.15) is 0 Å². The van der Waals surface area contributed by atoms with E-state index in [-0.39, 0.29) is 24.3 Å². The molecular weight excluding hydrogens is 358 g/mol. The van der Waals surface area contributed by atoms with E-state index in [0.29, 0.717) is 0 Å². The average molecular weight is 379 g/mol. The molecule has 2 N–H and O–H groups in total. The van der Waals surface area contributed by atoms with Crippen molar-refractivity contribution in [2.45, 2.75) is 19.4 Å². The highest BCUT2D eigenvalue weighted by Crippen LogP contribution is 2.25. The quantitative estimate of drug-likeness (QED) is 0.605. The Morgan fingerprint density at radius 3 is 2.00 bits per heavy atom. The van der Waals surface area contributed by atoms with Crippen LogP contribution < -0.4 is 15.8 Å². The molecule has 3 rings (SSSR count). The third-order valence-electron chi connectivity index (χ3n) is 3.92. The number of amides is 2. The number of thiophene rings is 1. The van der Waals surface area contributed by atoms with Crippen molar-refractivity contribution in [2.75, 3.05) is 5.01 Å². The van der Waals surface area contributed by atoms with Gasteiger partial charge in [-0.3, -0.25) is 20.0 Å². The maximum Gasteiger partial charge on any atom is 0.241 e. The lowest BCUT2D eigenvalue weighted by Crippen LogP contribution is -2.41. The number of nitrogens with one attached hydrogen (secondary N) is 2. The van der Waals surface area contributed by atoms with Crippen molar-refractivity contribution >= 4 is 34.5 Å². The van der Waals surface area contributed by atoms with Crippen molar-refractivity contribution in [3.63, 3.8) is 0 Å². The maximum absolute atomic E-state index is 12.8. The number of hydrazine groups is 1. The zero-order valence-corrected chi connectivity index (χ0v) is 15.8. The Morgan fingerprint density at radius 2 is 1.52 bits per heavy atom. The molecule has 0 saturated carbocycles. The lowest BCUT2D eigenvalue weighted by atomic mass is 10.1. The number of rotatable bonds is 7. The summed E-state index contributed by atoms with van der Waals surface area (Å²) < 4.78 is 0. The fourth-order valence-corrected chi connectivity index (χ4v) is 3.52. The Labute approximate surface area is 162 Å². The molecule has 27 heavy (non-hydrogen) atoms. The predicted octanol–water partition coefficient (Wildman–Crippen LogP) is 4.18. The van der Waals surface area contributed by atoms with Gasteiger partial charge in [-0.25, -0.2) is 0 Å². The van der Waals surface area contributed by atoms with Crippen LogP contribution in [0.3, 0.4) is 0 Å². The molecule has 5 nitrogen and oxygen atoms in total. The summed E-state index contributed by atoms with van der Waals surface area (Å²) in [4.78, 5) is 25.3. The van der Waals surface area contributed by atoms with Crippen LogP contribution >= 0.6 is 11.3 Å². The number of hydrogen-bond acceptors (Lipinski definition) is 4. The van der Waals surface area contributed by atoms with E-state index < -0.39 is 0 Å². The van der Waals surface area contributed by atoms with E-state index in [4.69, 9.17) is 0 Å². The first-order chi connectivity index (χ1) is 13.1. The summed E-state index contributed by atoms with van der Waals surface area (Å²) in [5, 5.41) is 6.54. The number of carbonyl (C=O) groups is 2. The minimum Gasteiger partial charge on any atom is -0.348 e. The molecule has 3 aromatic rings. The Morgan fingerprint density at radius 1 is 0.926 bits per heavy atom. The summed E-state index contributed by atoms with van der Waals surface area (Å²) in [6.45, 7) is 1.46. The third-order valence-corrected chi connectivity index (χ3v) is 4.90. The van der Waals surface area contributed by atoms with Crippen LogP contribution in [0.1, 0.15) is 24.3 Å². The van der Waals surface area contributed by atoms with E-state index in [1.807, 2.05) is 78.2 Å². The molecule has 0 saturated heterocycles. The molecule has 1 atom stereocenters. The van der Waals surface area contributed by atoms with Crippen molar-refractivity contribution in [1.29, 1.82) is 0 Å². The maximum atomic E-state index is 12.8. The van der Waals surface area contributed by atoms with Crippen molar-refractivity contribution in [3.05, 3.63) is 83.1 Å². The van der Waals surface area contributed by atoms with Gasteiger partial charge in [0, 0.05) is 11.8 Å². The van der Waals surface area contributed by atoms with Gasteiger partial charge < -0.3 is 5.32 Å². The van der Waals surface area contributed by atoms with Crippen LogP contribution in [0, 0.1) is 0 Å². The minimum atomic E-state index is -0.351. The Bertz CT molecular complexity index is 827. The van der Waals surface area contributed by atoms with Gasteiger partial charge in [0.15, 0.2) is 0 Å². The molecule has 0 spiro atoms. The molecule has 1 unspecified atom stereocenters. The van der Waals surface area contributed by atoms with Crippen molar-refractivity contribution in [2.24, 2.45) is 0 Å². The molecule has 1 aromatic heterocycles. The van der Waals surface area contributed by atoms with E-state index in [0.717, 1.165) is 16.3 Å². The van der Waals surface area contributed by atoms with E-state index in [1.165, 1.54) is 18.3 Å². The second kappa shape index (κ2) is 9.00. The zero-order valence-electron chi connectivity index (χ0n) is 15.0. The Hall–Kier alpha value is -3.12. The molecule has 2 amide bonds. The Balaban J connectivity index is 1.79. The van der Waals surface area contributed by atoms with E-state index in [1.54, 1.807) is 5.01 Å². The molecular formula is C21H21N3O2S. The number of anilines is 2. The topological polar surface area (TPSA) is 61.4 Å². The highest BCUT2D eigenvalue weighted by atomic mass is 32.1. The SMILES string of the molecule is CC(=O)NC(CC(=O)NN(c1ccccc1)c1ccccc1)c1cccs1. The fourth-order valence-electron chi connectivity index (χ4n) is 2.75. The first-order valence-electron chi connectivity index (χ1n) is 8.63. The van der Waals surface area contributed by atoms with Crippen LogP contribution in [-0.2, 0) is 9.59 Å². The third kappa shape index (κ3) is 5.18. The molecule has 1 heterocycles. The van der Waals surface area contributed by atoms with Crippen molar-refractivity contribution in [3.8, 4) is 0 Å². The first-order valence-corrected chi connectivity index (χ1v) is 9.51. The number of para-hydroxylation sites is 2. The molecule has 0 bridgehead atoms. The monoisotopic (exact) mass is 379 g/mol. The Kier molecular flexibility index (Phi) is 6.22. The van der Waals surface area contributed by atoms with Crippen LogP contribution in [0.5, 0.6) is 0 Å². The van der Waals surface area contributed by atoms with Crippen LogP contribution in [0.15, 0.2) is 78.2 Å². The second-order valence-corrected chi connectivity index (χ2v) is 6.99. The smallest absolute Gasteiger partial charge is 0.241 e. The first kappa shape index (κ1) is 18.7. The summed E-state index contributed by atoms with van der Waals surface area (Å²) in [7, 11) is 0. The number of benzene rings is 2. The van der Waals surface area contributed by atoms with Gasteiger partial charge in [-0.05, 0) is 35.7 Å².